The second kappa shape index (κ2) is 10.9. The Labute approximate surface area is 172 Å². The number of aryl methyl sites for hydroxylation is 2. The normalized spacial score (nSPS) is 11.7. The van der Waals surface area contributed by atoms with E-state index in [4.69, 9.17) is 0 Å². The number of nitrogens with zero attached hydrogens (tertiary/aromatic N) is 1. The van der Waals surface area contributed by atoms with E-state index in [0.29, 0.717) is 18.8 Å². The van der Waals surface area contributed by atoms with Gasteiger partial charge in [-0.2, -0.15) is 0 Å². The zero-order valence-corrected chi connectivity index (χ0v) is 18.0. The zero-order valence-electron chi connectivity index (χ0n) is 17.2. The van der Waals surface area contributed by atoms with Crippen molar-refractivity contribution in [1.82, 2.24) is 10.2 Å². The lowest BCUT2D eigenvalue weighted by atomic mass is 10.1. The molecule has 0 saturated carbocycles. The van der Waals surface area contributed by atoms with Gasteiger partial charge in [0.2, 0.25) is 11.8 Å². The van der Waals surface area contributed by atoms with Crippen molar-refractivity contribution in [3.05, 3.63) is 70.8 Å². The van der Waals surface area contributed by atoms with Gasteiger partial charge in [0.05, 0.1) is 5.75 Å². The molecule has 0 aromatic heterocycles. The second-order valence-electron chi connectivity index (χ2n) is 7.00. The molecule has 1 unspecified atom stereocenters. The van der Waals surface area contributed by atoms with Crippen LogP contribution in [0.25, 0.3) is 0 Å². The maximum absolute atomic E-state index is 13.0. The van der Waals surface area contributed by atoms with Crippen molar-refractivity contribution in [3.63, 3.8) is 0 Å². The first kappa shape index (κ1) is 22.0. The number of amides is 2. The molecule has 2 rings (SSSR count). The number of likely N-dealkylation sites (N-methyl/N-ethyl adjacent to an activating group) is 1. The van der Waals surface area contributed by atoms with Crippen molar-refractivity contribution in [3.8, 4) is 0 Å². The van der Waals surface area contributed by atoms with Crippen molar-refractivity contribution in [2.24, 2.45) is 0 Å². The Morgan fingerprint density at radius 2 is 1.86 bits per heavy atom. The molecule has 1 atom stereocenters. The van der Waals surface area contributed by atoms with Crippen LogP contribution in [0.15, 0.2) is 48.5 Å². The SMILES string of the molecule is CCNC(=O)C(C)N(Cc1cccc(C)c1)C(=O)CSCc1ccccc1C. The summed E-state index contributed by atoms with van der Waals surface area (Å²) < 4.78 is 0. The summed E-state index contributed by atoms with van der Waals surface area (Å²) in [6.45, 7) is 8.78. The predicted molar refractivity (Wildman–Crippen MR) is 117 cm³/mol. The van der Waals surface area contributed by atoms with Gasteiger partial charge in [-0.05, 0) is 44.4 Å². The van der Waals surface area contributed by atoms with Crippen LogP contribution in [0.1, 0.15) is 36.1 Å². The van der Waals surface area contributed by atoms with Crippen LogP contribution in [0.3, 0.4) is 0 Å². The predicted octanol–water partition coefficient (Wildman–Crippen LogP) is 4.09. The number of rotatable bonds is 9. The van der Waals surface area contributed by atoms with E-state index >= 15 is 0 Å². The molecule has 4 nitrogen and oxygen atoms in total. The molecule has 0 fully saturated rings. The second-order valence-corrected chi connectivity index (χ2v) is 7.99. The molecule has 5 heteroatoms. The van der Waals surface area contributed by atoms with Crippen molar-refractivity contribution in [2.45, 2.75) is 46.0 Å². The molecule has 0 spiro atoms. The first-order valence-corrected chi connectivity index (χ1v) is 10.8. The Bertz CT molecular complexity index is 807. The van der Waals surface area contributed by atoms with Crippen molar-refractivity contribution >= 4 is 23.6 Å². The first-order valence-electron chi connectivity index (χ1n) is 9.67. The summed E-state index contributed by atoms with van der Waals surface area (Å²) in [6.07, 6.45) is 0. The van der Waals surface area contributed by atoms with Crippen LogP contribution in [0.5, 0.6) is 0 Å². The van der Waals surface area contributed by atoms with Gasteiger partial charge < -0.3 is 10.2 Å². The van der Waals surface area contributed by atoms with E-state index in [1.165, 1.54) is 11.1 Å². The highest BCUT2D eigenvalue weighted by atomic mass is 32.2. The highest BCUT2D eigenvalue weighted by Gasteiger charge is 2.25. The Morgan fingerprint density at radius 1 is 1.11 bits per heavy atom. The number of benzene rings is 2. The third-order valence-electron chi connectivity index (χ3n) is 4.70. The van der Waals surface area contributed by atoms with E-state index in [0.717, 1.165) is 16.9 Å². The monoisotopic (exact) mass is 398 g/mol. The molecular formula is C23H30N2O2S. The van der Waals surface area contributed by atoms with Gasteiger partial charge in [-0.1, -0.05) is 54.1 Å². The lowest BCUT2D eigenvalue weighted by molar-refractivity contribution is -0.138. The number of carbonyl (C=O) groups is 2. The van der Waals surface area contributed by atoms with Crippen molar-refractivity contribution < 1.29 is 9.59 Å². The number of hydrogen-bond donors (Lipinski definition) is 1. The number of carbonyl (C=O) groups excluding carboxylic acids is 2. The van der Waals surface area contributed by atoms with Crippen LogP contribution in [-0.2, 0) is 21.9 Å². The largest absolute Gasteiger partial charge is 0.355 e. The average Bonchev–Trinajstić information content (AvgIpc) is 2.67. The molecule has 28 heavy (non-hydrogen) atoms. The van der Waals surface area contributed by atoms with Crippen LogP contribution in [0, 0.1) is 13.8 Å². The third kappa shape index (κ3) is 6.41. The molecule has 2 amide bonds. The van der Waals surface area contributed by atoms with Crippen LogP contribution in [-0.4, -0.2) is 35.1 Å². The summed E-state index contributed by atoms with van der Waals surface area (Å²) in [5.41, 5.74) is 4.65. The minimum absolute atomic E-state index is 0.0150. The maximum Gasteiger partial charge on any atom is 0.242 e. The fourth-order valence-corrected chi connectivity index (χ4v) is 4.00. The molecule has 2 aromatic carbocycles. The highest BCUT2D eigenvalue weighted by Crippen LogP contribution is 2.18. The first-order chi connectivity index (χ1) is 13.4. The van der Waals surface area contributed by atoms with E-state index in [1.807, 2.05) is 44.2 Å². The molecule has 0 aliphatic carbocycles. The van der Waals surface area contributed by atoms with Crippen LogP contribution >= 0.6 is 11.8 Å². The minimum atomic E-state index is -0.507. The summed E-state index contributed by atoms with van der Waals surface area (Å²) >= 11 is 1.59. The maximum atomic E-state index is 13.0. The summed E-state index contributed by atoms with van der Waals surface area (Å²) in [6, 6.07) is 15.8. The Kier molecular flexibility index (Phi) is 8.58. The van der Waals surface area contributed by atoms with Crippen LogP contribution < -0.4 is 5.32 Å². The molecule has 0 heterocycles. The molecule has 0 aliphatic rings. The number of nitrogens with one attached hydrogen (secondary N) is 1. The smallest absolute Gasteiger partial charge is 0.242 e. The van der Waals surface area contributed by atoms with E-state index < -0.39 is 6.04 Å². The zero-order chi connectivity index (χ0) is 20.5. The summed E-state index contributed by atoms with van der Waals surface area (Å²) in [5, 5.41) is 2.83. The van der Waals surface area contributed by atoms with Gasteiger partial charge in [0, 0.05) is 18.8 Å². The van der Waals surface area contributed by atoms with E-state index in [2.05, 4.69) is 30.4 Å². The lowest BCUT2D eigenvalue weighted by Crippen LogP contribution is -2.48. The van der Waals surface area contributed by atoms with E-state index in [1.54, 1.807) is 23.6 Å². The summed E-state index contributed by atoms with van der Waals surface area (Å²) in [4.78, 5) is 27.0. The molecule has 1 N–H and O–H groups in total. The van der Waals surface area contributed by atoms with Crippen LogP contribution in [0.4, 0.5) is 0 Å². The van der Waals surface area contributed by atoms with Gasteiger partial charge in [0.1, 0.15) is 6.04 Å². The van der Waals surface area contributed by atoms with E-state index in [9.17, 15) is 9.59 Å². The molecule has 0 radical (unpaired) electrons. The van der Waals surface area contributed by atoms with Crippen molar-refractivity contribution in [2.75, 3.05) is 12.3 Å². The van der Waals surface area contributed by atoms with Gasteiger partial charge in [0.15, 0.2) is 0 Å². The number of thioether (sulfide) groups is 1. The molecule has 150 valence electrons. The molecule has 0 saturated heterocycles. The van der Waals surface area contributed by atoms with Gasteiger partial charge >= 0.3 is 0 Å². The van der Waals surface area contributed by atoms with Gasteiger partial charge in [0.25, 0.3) is 0 Å². The lowest BCUT2D eigenvalue weighted by Gasteiger charge is -2.28. The Balaban J connectivity index is 2.07. The topological polar surface area (TPSA) is 49.4 Å². The Morgan fingerprint density at radius 3 is 2.54 bits per heavy atom. The highest BCUT2D eigenvalue weighted by molar-refractivity contribution is 7.99. The Hall–Kier alpha value is -2.27. The van der Waals surface area contributed by atoms with E-state index in [-0.39, 0.29) is 11.8 Å². The van der Waals surface area contributed by atoms with Gasteiger partial charge in [-0.25, -0.2) is 0 Å². The third-order valence-corrected chi connectivity index (χ3v) is 5.66. The number of hydrogen-bond acceptors (Lipinski definition) is 3. The molecule has 0 aliphatic heterocycles. The average molecular weight is 399 g/mol. The van der Waals surface area contributed by atoms with Crippen molar-refractivity contribution in [1.29, 1.82) is 0 Å². The standard InChI is InChI=1S/C23H30N2O2S/c1-5-24-23(27)19(4)25(14-20-11-8-9-17(2)13-20)22(26)16-28-15-21-12-7-6-10-18(21)3/h6-13,19H,5,14-16H2,1-4H3,(H,24,27). The molecular weight excluding hydrogens is 368 g/mol. The summed E-state index contributed by atoms with van der Waals surface area (Å²) in [7, 11) is 0. The quantitative estimate of drug-likeness (QED) is 0.692. The fraction of sp³-hybridized carbons (Fsp3) is 0.391. The van der Waals surface area contributed by atoms with Gasteiger partial charge in [-0.3, -0.25) is 9.59 Å². The molecule has 0 bridgehead atoms. The minimum Gasteiger partial charge on any atom is -0.355 e. The molecule has 2 aromatic rings. The van der Waals surface area contributed by atoms with Gasteiger partial charge in [-0.15, -0.1) is 11.8 Å². The fourth-order valence-electron chi connectivity index (χ4n) is 3.02. The summed E-state index contributed by atoms with van der Waals surface area (Å²) in [5.74, 6) is 1.00. The van der Waals surface area contributed by atoms with Crippen LogP contribution in [0.2, 0.25) is 0 Å².